The largest absolute Gasteiger partial charge is 0.491 e. The van der Waals surface area contributed by atoms with Crippen LogP contribution in [0.3, 0.4) is 0 Å². The van der Waals surface area contributed by atoms with E-state index in [-0.39, 0.29) is 30.7 Å². The Morgan fingerprint density at radius 1 is 1.33 bits per heavy atom. The normalized spacial score (nSPS) is 20.0. The molecule has 4 rings (SSSR count). The van der Waals surface area contributed by atoms with E-state index in [4.69, 9.17) is 9.26 Å². The molecule has 0 aliphatic carbocycles. The molecule has 1 fully saturated rings. The zero-order chi connectivity index (χ0) is 18.8. The number of likely N-dealkylation sites (tertiary alicyclic amines) is 1. The quantitative estimate of drug-likeness (QED) is 0.820. The summed E-state index contributed by atoms with van der Waals surface area (Å²) in [5.41, 5.74) is 0.648. The number of benzene rings is 1. The molecule has 8 nitrogen and oxygen atoms in total. The standard InChI is InChI=1S/C19H22N4O4/c1-13-20-19(27-21-13)14-5-4-9-22(11-14)18(25)12-23-15-6-2-3-7-16(15)26-10-8-17(23)24/h2-3,6-7,14H,4-5,8-12H2,1H3. The van der Waals surface area contributed by atoms with Crippen molar-refractivity contribution in [3.05, 3.63) is 36.0 Å². The van der Waals surface area contributed by atoms with Gasteiger partial charge in [0, 0.05) is 13.1 Å². The number of nitrogens with zero attached hydrogens (tertiary/aromatic N) is 4. The molecule has 1 aromatic carbocycles. The summed E-state index contributed by atoms with van der Waals surface area (Å²) >= 11 is 0. The highest BCUT2D eigenvalue weighted by molar-refractivity contribution is 6.00. The van der Waals surface area contributed by atoms with Crippen LogP contribution in [-0.2, 0) is 9.59 Å². The summed E-state index contributed by atoms with van der Waals surface area (Å²) in [6, 6.07) is 7.33. The molecule has 3 heterocycles. The second kappa shape index (κ2) is 7.38. The number of fused-ring (bicyclic) bond motifs is 1. The van der Waals surface area contributed by atoms with Crippen LogP contribution in [0.15, 0.2) is 28.8 Å². The van der Waals surface area contributed by atoms with E-state index in [9.17, 15) is 9.59 Å². The molecule has 142 valence electrons. The predicted molar refractivity (Wildman–Crippen MR) is 96.5 cm³/mol. The Morgan fingerprint density at radius 3 is 3.00 bits per heavy atom. The first kappa shape index (κ1) is 17.5. The molecular weight excluding hydrogens is 348 g/mol. The van der Waals surface area contributed by atoms with E-state index in [1.807, 2.05) is 24.3 Å². The van der Waals surface area contributed by atoms with Crippen LogP contribution >= 0.6 is 0 Å². The minimum atomic E-state index is -0.102. The van der Waals surface area contributed by atoms with Crippen molar-refractivity contribution in [3.8, 4) is 5.75 Å². The number of hydrogen-bond acceptors (Lipinski definition) is 6. The van der Waals surface area contributed by atoms with Crippen LogP contribution in [0, 0.1) is 6.92 Å². The van der Waals surface area contributed by atoms with Crippen LogP contribution in [0.25, 0.3) is 0 Å². The van der Waals surface area contributed by atoms with E-state index in [1.54, 1.807) is 11.8 Å². The number of aryl methyl sites for hydroxylation is 1. The number of hydrogen-bond donors (Lipinski definition) is 0. The summed E-state index contributed by atoms with van der Waals surface area (Å²) in [5, 5.41) is 3.84. The molecule has 2 aromatic rings. The van der Waals surface area contributed by atoms with E-state index in [1.165, 1.54) is 4.90 Å². The number of rotatable bonds is 3. The fraction of sp³-hybridized carbons (Fsp3) is 0.474. The number of amides is 2. The Morgan fingerprint density at radius 2 is 2.19 bits per heavy atom. The zero-order valence-electron chi connectivity index (χ0n) is 15.3. The SMILES string of the molecule is Cc1noc(C2CCCN(C(=O)CN3C(=O)CCOc4ccccc43)C2)n1. The maximum absolute atomic E-state index is 12.9. The van der Waals surface area contributed by atoms with Crippen molar-refractivity contribution in [2.45, 2.75) is 32.1 Å². The highest BCUT2D eigenvalue weighted by Gasteiger charge is 2.31. The monoisotopic (exact) mass is 370 g/mol. The Labute approximate surface area is 157 Å². The second-order valence-corrected chi connectivity index (χ2v) is 6.90. The van der Waals surface area contributed by atoms with Gasteiger partial charge in [0.2, 0.25) is 17.7 Å². The lowest BCUT2D eigenvalue weighted by molar-refractivity contribution is -0.132. The Bertz CT molecular complexity index is 850. The Balaban J connectivity index is 1.49. The van der Waals surface area contributed by atoms with Crippen molar-refractivity contribution in [3.63, 3.8) is 0 Å². The third-order valence-electron chi connectivity index (χ3n) is 4.99. The minimum Gasteiger partial charge on any atom is -0.491 e. The van der Waals surface area contributed by atoms with Gasteiger partial charge < -0.3 is 14.2 Å². The van der Waals surface area contributed by atoms with E-state index in [2.05, 4.69) is 10.1 Å². The average molecular weight is 370 g/mol. The lowest BCUT2D eigenvalue weighted by atomic mass is 9.98. The van der Waals surface area contributed by atoms with E-state index in [0.717, 1.165) is 12.8 Å². The van der Waals surface area contributed by atoms with Crippen LogP contribution in [-0.4, -0.2) is 53.1 Å². The molecule has 0 bridgehead atoms. The third kappa shape index (κ3) is 3.65. The number of carbonyl (C=O) groups is 2. The number of ether oxygens (including phenoxy) is 1. The number of para-hydroxylation sites is 2. The van der Waals surface area contributed by atoms with Gasteiger partial charge in [-0.05, 0) is 31.9 Å². The van der Waals surface area contributed by atoms with Gasteiger partial charge in [-0.3, -0.25) is 14.5 Å². The van der Waals surface area contributed by atoms with Gasteiger partial charge in [0.15, 0.2) is 5.82 Å². The first-order valence-electron chi connectivity index (χ1n) is 9.22. The predicted octanol–water partition coefficient (Wildman–Crippen LogP) is 1.90. The van der Waals surface area contributed by atoms with E-state index in [0.29, 0.717) is 42.8 Å². The maximum Gasteiger partial charge on any atom is 0.242 e. The first-order valence-corrected chi connectivity index (χ1v) is 9.22. The van der Waals surface area contributed by atoms with Gasteiger partial charge in [0.05, 0.1) is 24.6 Å². The fourth-order valence-electron chi connectivity index (χ4n) is 3.61. The van der Waals surface area contributed by atoms with Gasteiger partial charge in [-0.1, -0.05) is 17.3 Å². The molecule has 0 saturated carbocycles. The molecule has 2 amide bonds. The second-order valence-electron chi connectivity index (χ2n) is 6.90. The van der Waals surface area contributed by atoms with Crippen LogP contribution in [0.5, 0.6) is 5.75 Å². The van der Waals surface area contributed by atoms with Crippen LogP contribution < -0.4 is 9.64 Å². The van der Waals surface area contributed by atoms with Crippen LogP contribution in [0.1, 0.15) is 36.9 Å². The summed E-state index contributed by atoms with van der Waals surface area (Å²) in [5.74, 6) is 1.67. The summed E-state index contributed by atoms with van der Waals surface area (Å²) in [4.78, 5) is 33.1. The van der Waals surface area contributed by atoms with E-state index < -0.39 is 0 Å². The maximum atomic E-state index is 12.9. The molecule has 0 spiro atoms. The highest BCUT2D eigenvalue weighted by Crippen LogP contribution is 2.31. The smallest absolute Gasteiger partial charge is 0.242 e. The molecule has 1 unspecified atom stereocenters. The van der Waals surface area contributed by atoms with Crippen molar-refractivity contribution >= 4 is 17.5 Å². The van der Waals surface area contributed by atoms with Gasteiger partial charge in [0.1, 0.15) is 12.3 Å². The number of anilines is 1. The van der Waals surface area contributed by atoms with Gasteiger partial charge >= 0.3 is 0 Å². The van der Waals surface area contributed by atoms with Crippen LogP contribution in [0.4, 0.5) is 5.69 Å². The minimum absolute atomic E-state index is 0.00872. The first-order chi connectivity index (χ1) is 13.1. The average Bonchev–Trinajstić information content (AvgIpc) is 3.06. The molecule has 2 aliphatic rings. The van der Waals surface area contributed by atoms with Crippen molar-refractivity contribution in [2.24, 2.45) is 0 Å². The summed E-state index contributed by atoms with van der Waals surface area (Å²) < 4.78 is 10.9. The van der Waals surface area contributed by atoms with Gasteiger partial charge in [-0.2, -0.15) is 4.98 Å². The highest BCUT2D eigenvalue weighted by atomic mass is 16.5. The van der Waals surface area contributed by atoms with Gasteiger partial charge in [-0.15, -0.1) is 0 Å². The van der Waals surface area contributed by atoms with Gasteiger partial charge in [-0.25, -0.2) is 0 Å². The molecule has 27 heavy (non-hydrogen) atoms. The van der Waals surface area contributed by atoms with Crippen molar-refractivity contribution in [1.29, 1.82) is 0 Å². The molecular formula is C19H22N4O4. The lowest BCUT2D eigenvalue weighted by Gasteiger charge is -2.32. The van der Waals surface area contributed by atoms with Crippen molar-refractivity contribution in [2.75, 3.05) is 31.1 Å². The third-order valence-corrected chi connectivity index (χ3v) is 4.99. The number of piperidine rings is 1. The molecule has 0 N–H and O–H groups in total. The number of aromatic nitrogens is 2. The van der Waals surface area contributed by atoms with E-state index >= 15 is 0 Å². The summed E-state index contributed by atoms with van der Waals surface area (Å²) in [7, 11) is 0. The molecule has 8 heteroatoms. The zero-order valence-corrected chi connectivity index (χ0v) is 15.3. The van der Waals surface area contributed by atoms with Crippen LogP contribution in [0.2, 0.25) is 0 Å². The Kier molecular flexibility index (Phi) is 4.79. The fourth-order valence-corrected chi connectivity index (χ4v) is 3.61. The summed E-state index contributed by atoms with van der Waals surface area (Å²) in [6.45, 7) is 3.31. The molecule has 2 aliphatic heterocycles. The Hall–Kier alpha value is -2.90. The molecule has 1 saturated heterocycles. The van der Waals surface area contributed by atoms with Gasteiger partial charge in [0.25, 0.3) is 0 Å². The molecule has 1 atom stereocenters. The van der Waals surface area contributed by atoms with Crippen molar-refractivity contribution in [1.82, 2.24) is 15.0 Å². The number of carbonyl (C=O) groups excluding carboxylic acids is 2. The molecule has 1 aromatic heterocycles. The summed E-state index contributed by atoms with van der Waals surface area (Å²) in [6.07, 6.45) is 2.03. The van der Waals surface area contributed by atoms with Crippen molar-refractivity contribution < 1.29 is 18.8 Å². The molecule has 0 radical (unpaired) electrons. The topological polar surface area (TPSA) is 88.8 Å². The lowest BCUT2D eigenvalue weighted by Crippen LogP contribution is -2.46.